The van der Waals surface area contributed by atoms with Crippen molar-refractivity contribution in [3.63, 3.8) is 0 Å². The molecule has 0 N–H and O–H groups in total. The van der Waals surface area contributed by atoms with Crippen LogP contribution in [0, 0.1) is 6.92 Å². The summed E-state index contributed by atoms with van der Waals surface area (Å²) < 4.78 is 9.67. The number of pyridine rings is 5. The van der Waals surface area contributed by atoms with Crippen molar-refractivity contribution in [2.45, 2.75) is 52.9 Å². The molecule has 0 bridgehead atoms. The van der Waals surface area contributed by atoms with Gasteiger partial charge >= 0.3 is 0 Å². The van der Waals surface area contributed by atoms with Gasteiger partial charge in [-0.25, -0.2) is 19.9 Å². The number of fused-ring (bicyclic) bond motifs is 11. The zero-order valence-corrected chi connectivity index (χ0v) is 68.4. The molecule has 17 heteroatoms. The Hall–Kier alpha value is -15.2. The zero-order valence-electron chi connectivity index (χ0n) is 66.8. The van der Waals surface area contributed by atoms with Gasteiger partial charge in [0.2, 0.25) is 0 Å². The van der Waals surface area contributed by atoms with Crippen LogP contribution in [0.1, 0.15) is 58.7 Å². The van der Waals surface area contributed by atoms with Crippen LogP contribution in [0.4, 0.5) is 0 Å². The minimum absolute atomic E-state index is 0.219. The first-order chi connectivity index (χ1) is 60.6. The quantitative estimate of drug-likeness (QED) is 0.0943. The molecule has 3 aliphatic rings. The lowest BCUT2D eigenvalue weighted by Gasteiger charge is -2.34. The van der Waals surface area contributed by atoms with Gasteiger partial charge in [0.1, 0.15) is 16.9 Å². The minimum Gasteiger partial charge on any atom is -0.455 e. The smallest absolute Gasteiger partial charge is 0.163 e. The summed E-state index contributed by atoms with van der Waals surface area (Å²) in [5.74, 6) is 1.05. The average Bonchev–Trinajstić information content (AvgIpc) is 1.57. The molecule has 1 aliphatic carbocycles. The molecule has 582 valence electrons. The summed E-state index contributed by atoms with van der Waals surface area (Å²) in [6.07, 6.45) is 29.0. The van der Waals surface area contributed by atoms with Gasteiger partial charge in [0.25, 0.3) is 0 Å². The molecular weight excluding hydrogens is 1550 g/mol. The highest BCUT2D eigenvalue weighted by atomic mass is 32.2. The van der Waals surface area contributed by atoms with E-state index in [0.29, 0.717) is 34.2 Å². The van der Waals surface area contributed by atoms with Crippen molar-refractivity contribution in [2.75, 3.05) is 0 Å². The standard InChI is InChI=1S/C106H70N14OS2/c1-62-74(75-27-15-38-106(3,63(75)2)97-61-108-45-47-111-97)26-14-31-92(62)120-93-59-116-89(56-78(93)79-57-90(117-60-94(79)120)77-29-17-41-113-99(77)91-58-107-44-46-110-91)71-25-13-23-67(49-71)70-33-35-96-83(51-70)103-102(123-96)82-50-69(32-34-95(82)122-103)66-22-12-24-68(48-66)72-52-80-81-54-73(76-28-16-40-112-98(76)88-30-10-11-39-109-88)55-85(105-115-43-37-87(119-105)65-20-8-5-9-21-65)101(81)121-100(80)84(53-72)104-114-42-36-86(118-104)64-18-6-4-7-19-64/h4-37,39-61,102-103H,38H2,1-3H3. The lowest BCUT2D eigenvalue weighted by molar-refractivity contribution is 0.541. The number of allylic oxidation sites excluding steroid dienone is 4. The molecule has 23 rings (SSSR count). The Bertz CT molecular complexity index is 7730. The van der Waals surface area contributed by atoms with Crippen LogP contribution in [-0.4, -0.2) is 69.4 Å². The predicted molar refractivity (Wildman–Crippen MR) is 493 cm³/mol. The molecule has 15 nitrogen and oxygen atoms in total. The van der Waals surface area contributed by atoms with Gasteiger partial charge in [0.05, 0.1) is 96.8 Å². The number of nitrogens with zero attached hydrogens (tertiary/aromatic N) is 14. The number of furan rings is 1. The molecular formula is C106H70N14OS2. The van der Waals surface area contributed by atoms with E-state index in [0.717, 1.165) is 174 Å². The summed E-state index contributed by atoms with van der Waals surface area (Å²) in [5, 5.41) is 4.28. The monoisotopic (exact) mass is 1620 g/mol. The molecule has 11 aromatic heterocycles. The Labute approximate surface area is 716 Å². The molecule has 0 saturated carbocycles. The number of thioether (sulfide) groups is 2. The maximum atomic E-state index is 7.34. The molecule has 20 aromatic rings. The molecule has 0 fully saturated rings. The van der Waals surface area contributed by atoms with Gasteiger partial charge < -0.3 is 8.98 Å². The van der Waals surface area contributed by atoms with E-state index in [9.17, 15) is 0 Å². The highest BCUT2D eigenvalue weighted by Crippen LogP contribution is 2.67. The summed E-state index contributed by atoms with van der Waals surface area (Å²) in [5.41, 5.74) is 32.0. The lowest BCUT2D eigenvalue weighted by Crippen LogP contribution is -2.27. The van der Waals surface area contributed by atoms with Crippen LogP contribution in [-0.2, 0) is 5.41 Å². The fraction of sp³-hybridized carbons (Fsp3) is 0.0660. The predicted octanol–water partition coefficient (Wildman–Crippen LogP) is 25.8. The van der Waals surface area contributed by atoms with Crippen LogP contribution in [0.15, 0.2) is 367 Å². The van der Waals surface area contributed by atoms with Crippen LogP contribution >= 0.6 is 23.5 Å². The molecule has 0 saturated heterocycles. The summed E-state index contributed by atoms with van der Waals surface area (Å²) in [6, 6.07) is 90.0. The second-order valence-corrected chi connectivity index (χ2v) is 33.9. The van der Waals surface area contributed by atoms with Gasteiger partial charge in [-0.2, -0.15) is 0 Å². The fourth-order valence-corrected chi connectivity index (χ4v) is 21.3. The number of aromatic nitrogens is 14. The highest BCUT2D eigenvalue weighted by molar-refractivity contribution is 8.05. The molecule has 123 heavy (non-hydrogen) atoms. The Kier molecular flexibility index (Phi) is 17.8. The Morgan fingerprint density at radius 1 is 0.350 bits per heavy atom. The molecule has 3 atom stereocenters. The number of rotatable bonds is 15. The zero-order chi connectivity index (χ0) is 81.8. The van der Waals surface area contributed by atoms with Crippen LogP contribution in [0.25, 0.3) is 190 Å². The van der Waals surface area contributed by atoms with Crippen molar-refractivity contribution < 1.29 is 4.42 Å². The maximum absolute atomic E-state index is 7.34. The largest absolute Gasteiger partial charge is 0.455 e. The van der Waals surface area contributed by atoms with Crippen molar-refractivity contribution in [1.29, 1.82) is 0 Å². The second-order valence-electron chi connectivity index (χ2n) is 31.5. The number of hydrogen-bond acceptors (Lipinski definition) is 16. The van der Waals surface area contributed by atoms with E-state index >= 15 is 0 Å². The normalized spacial score (nSPS) is 15.3. The number of hydrogen-bond donors (Lipinski definition) is 0. The van der Waals surface area contributed by atoms with Crippen molar-refractivity contribution in [2.24, 2.45) is 0 Å². The summed E-state index contributed by atoms with van der Waals surface area (Å²) in [4.78, 5) is 66.8. The first-order valence-electron chi connectivity index (χ1n) is 40.9. The van der Waals surface area contributed by atoms with E-state index in [-0.39, 0.29) is 15.9 Å². The van der Waals surface area contributed by atoms with Gasteiger partial charge in [-0.3, -0.25) is 44.9 Å². The van der Waals surface area contributed by atoms with Crippen molar-refractivity contribution >= 4 is 72.8 Å². The first-order valence-corrected chi connectivity index (χ1v) is 42.7. The first kappa shape index (κ1) is 73.0. The van der Waals surface area contributed by atoms with E-state index in [2.05, 4.69) is 228 Å². The minimum atomic E-state index is -0.328. The van der Waals surface area contributed by atoms with Gasteiger partial charge in [-0.15, -0.1) is 23.5 Å². The maximum Gasteiger partial charge on any atom is 0.163 e. The third kappa shape index (κ3) is 12.7. The molecule has 9 aromatic carbocycles. The summed E-state index contributed by atoms with van der Waals surface area (Å²) >= 11 is 3.95. The molecule has 0 amide bonds. The topological polar surface area (TPSA) is 186 Å². The SMILES string of the molecule is CC1=C(c2cccc(-n3c4cnc(-c5cccc(-c6ccc7c(c6)C6Sc8ccc(-c9cccc(-c%10cc(-c%11nccc(-c%12ccccc%12)n%11)c%11oc%12c(-c%13nccc(-c%14ccccc%14)n%13)cc(-c%13cccnc%13-c%13ccccn%13)cc%12c%11c%10)c9)cc8C6S7)c5)cc4c4cc(-c5cccnc5-c5cnccn5)ncc43)c2C)C=CCC1(C)c1cnccn1. The van der Waals surface area contributed by atoms with Gasteiger partial charge in [-0.05, 0) is 215 Å². The fourth-order valence-electron chi connectivity index (χ4n) is 18.1. The van der Waals surface area contributed by atoms with Crippen molar-refractivity contribution in [3.05, 3.63) is 381 Å². The van der Waals surface area contributed by atoms with Crippen LogP contribution in [0.2, 0.25) is 0 Å². The van der Waals surface area contributed by atoms with E-state index in [1.54, 1.807) is 43.4 Å². The van der Waals surface area contributed by atoms with Crippen molar-refractivity contribution in [1.82, 2.24) is 69.4 Å². The third-order valence-corrected chi connectivity index (χ3v) is 27.5. The van der Waals surface area contributed by atoms with Crippen LogP contribution in [0.5, 0.6) is 0 Å². The summed E-state index contributed by atoms with van der Waals surface area (Å²) in [6.45, 7) is 6.74. The molecule has 13 heterocycles. The van der Waals surface area contributed by atoms with E-state index in [1.165, 1.54) is 32.1 Å². The Morgan fingerprint density at radius 2 is 0.886 bits per heavy atom. The molecule has 0 radical (unpaired) electrons. The summed E-state index contributed by atoms with van der Waals surface area (Å²) in [7, 11) is 0. The second kappa shape index (κ2) is 30.0. The number of benzene rings is 9. The molecule has 2 aliphatic heterocycles. The lowest BCUT2D eigenvalue weighted by atomic mass is 9.71. The van der Waals surface area contributed by atoms with E-state index < -0.39 is 0 Å². The average molecular weight is 1620 g/mol. The van der Waals surface area contributed by atoms with Gasteiger partial charge in [0, 0.05) is 132 Å². The van der Waals surface area contributed by atoms with E-state index in [4.69, 9.17) is 54.3 Å². The van der Waals surface area contributed by atoms with Crippen LogP contribution in [0.3, 0.4) is 0 Å². The highest BCUT2D eigenvalue weighted by Gasteiger charge is 2.42. The third-order valence-electron chi connectivity index (χ3n) is 24.5. The molecule has 0 spiro atoms. The Balaban J connectivity index is 0.590. The van der Waals surface area contributed by atoms with Gasteiger partial charge in [-0.1, -0.05) is 151 Å². The van der Waals surface area contributed by atoms with E-state index in [1.807, 2.05) is 140 Å². The van der Waals surface area contributed by atoms with Crippen molar-refractivity contribution in [3.8, 4) is 141 Å². The Morgan fingerprint density at radius 3 is 1.52 bits per heavy atom. The molecule has 3 unspecified atom stereocenters. The van der Waals surface area contributed by atoms with Crippen LogP contribution < -0.4 is 0 Å². The van der Waals surface area contributed by atoms with Gasteiger partial charge in [0.15, 0.2) is 11.6 Å².